The van der Waals surface area contributed by atoms with Gasteiger partial charge in [0.15, 0.2) is 0 Å². The van der Waals surface area contributed by atoms with Gasteiger partial charge in [0, 0.05) is 23.9 Å². The summed E-state index contributed by atoms with van der Waals surface area (Å²) in [5.41, 5.74) is 0. The van der Waals surface area contributed by atoms with E-state index in [1.807, 2.05) is 5.38 Å². The van der Waals surface area contributed by atoms with Gasteiger partial charge in [-0.05, 0) is 6.07 Å². The molecule has 0 bridgehead atoms. The molecule has 0 unspecified atom stereocenters. The third-order valence-electron chi connectivity index (χ3n) is 1.51. The van der Waals surface area contributed by atoms with Gasteiger partial charge in [-0.3, -0.25) is 10.1 Å². The van der Waals surface area contributed by atoms with Crippen molar-refractivity contribution in [1.82, 2.24) is 4.98 Å². The Hall–Kier alpha value is -1.60. The zero-order valence-electron chi connectivity index (χ0n) is 7.36. The van der Waals surface area contributed by atoms with Gasteiger partial charge in [0.25, 0.3) is 0 Å². The molecule has 15 heavy (non-hydrogen) atoms. The molecule has 0 atom stereocenters. The van der Waals surface area contributed by atoms with Gasteiger partial charge in [-0.15, -0.1) is 11.3 Å². The smallest absolute Gasteiger partial charge is 0.258 e. The summed E-state index contributed by atoms with van der Waals surface area (Å²) in [6.07, 6.45) is 3.24. The number of thiazole rings is 1. The third kappa shape index (κ3) is 2.45. The number of hydrogen-bond acceptors (Lipinski definition) is 6. The maximum Gasteiger partial charge on any atom is 0.324 e. The largest absolute Gasteiger partial charge is 0.324 e. The molecule has 0 N–H and O–H groups in total. The normalized spacial score (nSPS) is 10.9. The molecule has 2 aromatic heterocycles. The predicted molar refractivity (Wildman–Crippen MR) is 60.3 cm³/mol. The average molecular weight is 239 g/mol. The molecule has 7 heteroatoms. The van der Waals surface area contributed by atoms with Crippen molar-refractivity contribution < 1.29 is 4.92 Å². The second-order valence-electron chi connectivity index (χ2n) is 2.51. The van der Waals surface area contributed by atoms with Crippen molar-refractivity contribution in [3.8, 4) is 0 Å². The summed E-state index contributed by atoms with van der Waals surface area (Å²) >= 11 is 2.51. The van der Waals surface area contributed by atoms with Crippen LogP contribution in [-0.2, 0) is 0 Å². The zero-order chi connectivity index (χ0) is 10.7. The summed E-state index contributed by atoms with van der Waals surface area (Å²) in [5.74, 6) is 0. The first-order valence-corrected chi connectivity index (χ1v) is 5.63. The molecule has 5 nitrogen and oxygen atoms in total. The molecule has 0 fully saturated rings. The lowest BCUT2D eigenvalue weighted by Gasteiger charge is -1.82. The summed E-state index contributed by atoms with van der Waals surface area (Å²) in [5, 5.41) is 13.0. The number of nitrogens with zero attached hydrogens (tertiary/aromatic N) is 3. The lowest BCUT2D eigenvalue weighted by molar-refractivity contribution is -0.380. The number of hydrogen-bond donors (Lipinski definition) is 0. The van der Waals surface area contributed by atoms with Crippen molar-refractivity contribution in [2.45, 2.75) is 0 Å². The van der Waals surface area contributed by atoms with Gasteiger partial charge in [-0.1, -0.05) is 11.3 Å². The van der Waals surface area contributed by atoms with Crippen LogP contribution in [0.3, 0.4) is 0 Å². The predicted octanol–water partition coefficient (Wildman–Crippen LogP) is 2.86. The Bertz CT molecular complexity index is 490. The van der Waals surface area contributed by atoms with Crippen LogP contribution in [0.2, 0.25) is 0 Å². The Morgan fingerprint density at radius 3 is 3.00 bits per heavy atom. The molecule has 0 aromatic carbocycles. The lowest BCUT2D eigenvalue weighted by atomic mass is 10.5. The van der Waals surface area contributed by atoms with Crippen molar-refractivity contribution in [3.05, 3.63) is 38.7 Å². The van der Waals surface area contributed by atoms with E-state index in [2.05, 4.69) is 9.98 Å². The molecule has 0 radical (unpaired) electrons. The van der Waals surface area contributed by atoms with Gasteiger partial charge in [-0.25, -0.2) is 9.98 Å². The number of rotatable bonds is 3. The van der Waals surface area contributed by atoms with Crippen molar-refractivity contribution in [2.75, 3.05) is 0 Å². The maximum atomic E-state index is 10.4. The van der Waals surface area contributed by atoms with E-state index < -0.39 is 4.92 Å². The van der Waals surface area contributed by atoms with Gasteiger partial charge in [-0.2, -0.15) is 0 Å². The Kier molecular flexibility index (Phi) is 2.84. The molecule has 0 saturated carbocycles. The standard InChI is InChI=1S/C8H5N3O2S2/c12-11(13)7-2-1-6(15-7)5-10-8-9-3-4-14-8/h1-5H. The molecule has 0 aliphatic rings. The van der Waals surface area contributed by atoms with Crippen molar-refractivity contribution in [3.63, 3.8) is 0 Å². The van der Waals surface area contributed by atoms with Crippen LogP contribution in [0.1, 0.15) is 4.88 Å². The molecule has 76 valence electrons. The van der Waals surface area contributed by atoms with E-state index >= 15 is 0 Å². The highest BCUT2D eigenvalue weighted by atomic mass is 32.1. The third-order valence-corrected chi connectivity index (χ3v) is 3.16. The fraction of sp³-hybridized carbons (Fsp3) is 0. The van der Waals surface area contributed by atoms with E-state index in [0.29, 0.717) is 5.13 Å². The van der Waals surface area contributed by atoms with Crippen molar-refractivity contribution in [1.29, 1.82) is 0 Å². The van der Waals surface area contributed by atoms with E-state index in [-0.39, 0.29) is 5.00 Å². The summed E-state index contributed by atoms with van der Waals surface area (Å²) < 4.78 is 0. The number of nitro groups is 1. The highest BCUT2D eigenvalue weighted by Crippen LogP contribution is 2.23. The van der Waals surface area contributed by atoms with Crippen LogP contribution in [0.4, 0.5) is 10.1 Å². The number of aliphatic imine (C=N–C) groups is 1. The van der Waals surface area contributed by atoms with Gasteiger partial charge >= 0.3 is 5.00 Å². The summed E-state index contributed by atoms with van der Waals surface area (Å²) in [4.78, 5) is 18.8. The van der Waals surface area contributed by atoms with Crippen LogP contribution < -0.4 is 0 Å². The molecular weight excluding hydrogens is 234 g/mol. The molecular formula is C8H5N3O2S2. The van der Waals surface area contributed by atoms with Crippen LogP contribution in [0, 0.1) is 10.1 Å². The van der Waals surface area contributed by atoms with Gasteiger partial charge in [0.05, 0.1) is 9.80 Å². The Labute approximate surface area is 92.9 Å². The Morgan fingerprint density at radius 2 is 2.40 bits per heavy atom. The van der Waals surface area contributed by atoms with E-state index in [1.54, 1.807) is 18.5 Å². The maximum absolute atomic E-state index is 10.4. The van der Waals surface area contributed by atoms with Crippen molar-refractivity contribution in [2.24, 2.45) is 4.99 Å². The first-order chi connectivity index (χ1) is 7.25. The van der Waals surface area contributed by atoms with Crippen LogP contribution in [0.5, 0.6) is 0 Å². The molecule has 0 aliphatic heterocycles. The van der Waals surface area contributed by atoms with E-state index in [9.17, 15) is 10.1 Å². The monoisotopic (exact) mass is 239 g/mol. The highest BCUT2D eigenvalue weighted by Gasteiger charge is 2.07. The fourth-order valence-electron chi connectivity index (χ4n) is 0.908. The molecule has 2 aromatic rings. The topological polar surface area (TPSA) is 68.4 Å². The SMILES string of the molecule is O=[N+]([O-])c1ccc(C=Nc2nccs2)s1. The minimum absolute atomic E-state index is 0.121. The molecule has 0 spiro atoms. The van der Waals surface area contributed by atoms with Crippen LogP contribution >= 0.6 is 22.7 Å². The second kappa shape index (κ2) is 4.28. The average Bonchev–Trinajstić information content (AvgIpc) is 2.86. The highest BCUT2D eigenvalue weighted by molar-refractivity contribution is 7.17. The van der Waals surface area contributed by atoms with E-state index in [0.717, 1.165) is 16.2 Å². The Morgan fingerprint density at radius 1 is 1.53 bits per heavy atom. The van der Waals surface area contributed by atoms with E-state index in [4.69, 9.17) is 0 Å². The van der Waals surface area contributed by atoms with Crippen molar-refractivity contribution >= 4 is 39.0 Å². The number of thiophene rings is 1. The van der Waals surface area contributed by atoms with Crippen LogP contribution in [-0.4, -0.2) is 16.1 Å². The Balaban J connectivity index is 2.14. The summed E-state index contributed by atoms with van der Waals surface area (Å²) in [7, 11) is 0. The first-order valence-electron chi connectivity index (χ1n) is 3.93. The molecule has 0 saturated heterocycles. The molecule has 2 heterocycles. The second-order valence-corrected chi connectivity index (χ2v) is 4.47. The summed E-state index contributed by atoms with van der Waals surface area (Å²) in [6, 6.07) is 3.13. The summed E-state index contributed by atoms with van der Waals surface area (Å²) in [6.45, 7) is 0. The first kappa shape index (κ1) is 9.94. The molecule has 2 rings (SSSR count). The van der Waals surface area contributed by atoms with Crippen LogP contribution in [0.25, 0.3) is 0 Å². The molecule has 0 amide bonds. The van der Waals surface area contributed by atoms with Gasteiger partial charge in [0.2, 0.25) is 5.13 Å². The molecule has 0 aliphatic carbocycles. The van der Waals surface area contributed by atoms with Gasteiger partial charge < -0.3 is 0 Å². The van der Waals surface area contributed by atoms with Crippen LogP contribution in [0.15, 0.2) is 28.7 Å². The van der Waals surface area contributed by atoms with E-state index in [1.165, 1.54) is 17.4 Å². The number of aromatic nitrogens is 1. The lowest BCUT2D eigenvalue weighted by Crippen LogP contribution is -1.80. The minimum Gasteiger partial charge on any atom is -0.258 e. The fourth-order valence-corrected chi connectivity index (χ4v) is 2.08. The minimum atomic E-state index is -0.411. The zero-order valence-corrected chi connectivity index (χ0v) is 8.99. The quantitative estimate of drug-likeness (QED) is 0.470. The van der Waals surface area contributed by atoms with Gasteiger partial charge in [0.1, 0.15) is 0 Å².